The number of rotatable bonds is 3. The highest BCUT2D eigenvalue weighted by molar-refractivity contribution is 5.73. The van der Waals surface area contributed by atoms with Gasteiger partial charge in [0, 0.05) is 18.3 Å². The van der Waals surface area contributed by atoms with Crippen LogP contribution in [0.1, 0.15) is 24.2 Å². The van der Waals surface area contributed by atoms with Crippen LogP contribution in [0.15, 0.2) is 42.9 Å². The number of nitrogens with zero attached hydrogens (tertiary/aromatic N) is 4. The molecule has 0 spiro atoms. The van der Waals surface area contributed by atoms with Gasteiger partial charge in [-0.25, -0.2) is 4.98 Å². The van der Waals surface area contributed by atoms with Gasteiger partial charge in [0.25, 0.3) is 0 Å². The summed E-state index contributed by atoms with van der Waals surface area (Å²) in [6.07, 6.45) is 5.46. The first-order valence-electron chi connectivity index (χ1n) is 6.27. The molecule has 3 aromatic rings. The van der Waals surface area contributed by atoms with Crippen LogP contribution in [-0.2, 0) is 6.54 Å². The topological polar surface area (TPSA) is 69.6 Å². The fraction of sp³-hybridized carbons (Fsp3) is 0.214. The van der Waals surface area contributed by atoms with Crippen LogP contribution in [0.25, 0.3) is 11.0 Å². The highest BCUT2D eigenvalue weighted by Gasteiger charge is 2.13. The van der Waals surface area contributed by atoms with Crippen molar-refractivity contribution in [1.82, 2.24) is 19.7 Å². The Hall–Kier alpha value is -2.27. The van der Waals surface area contributed by atoms with Gasteiger partial charge in [0.2, 0.25) is 0 Å². The minimum Gasteiger partial charge on any atom is -0.319 e. The van der Waals surface area contributed by atoms with E-state index in [-0.39, 0.29) is 6.04 Å². The van der Waals surface area contributed by atoms with E-state index in [0.717, 1.165) is 28.8 Å². The maximum Gasteiger partial charge on any atom is 0.0890 e. The molecular weight excluding hydrogens is 238 g/mol. The SMILES string of the molecule is CCn1cc(C(N)c2cnc3ccccc3n2)cn1. The van der Waals surface area contributed by atoms with Crippen LogP contribution in [0.3, 0.4) is 0 Å². The van der Waals surface area contributed by atoms with Gasteiger partial charge in [-0.1, -0.05) is 12.1 Å². The van der Waals surface area contributed by atoms with Crippen molar-refractivity contribution in [3.8, 4) is 0 Å². The van der Waals surface area contributed by atoms with Crippen molar-refractivity contribution >= 4 is 11.0 Å². The summed E-state index contributed by atoms with van der Waals surface area (Å²) >= 11 is 0. The molecule has 0 bridgehead atoms. The number of hydrogen-bond acceptors (Lipinski definition) is 4. The fourth-order valence-corrected chi connectivity index (χ4v) is 2.01. The highest BCUT2D eigenvalue weighted by atomic mass is 15.3. The summed E-state index contributed by atoms with van der Waals surface area (Å²) in [4.78, 5) is 8.95. The third-order valence-corrected chi connectivity index (χ3v) is 3.12. The molecule has 2 N–H and O–H groups in total. The maximum absolute atomic E-state index is 6.22. The molecule has 0 aliphatic heterocycles. The molecule has 0 fully saturated rings. The molecule has 3 rings (SSSR count). The minimum absolute atomic E-state index is 0.294. The Morgan fingerprint density at radius 2 is 2.00 bits per heavy atom. The lowest BCUT2D eigenvalue weighted by Crippen LogP contribution is -2.13. The zero-order valence-corrected chi connectivity index (χ0v) is 10.7. The van der Waals surface area contributed by atoms with Crippen LogP contribution >= 0.6 is 0 Å². The van der Waals surface area contributed by atoms with E-state index in [1.165, 1.54) is 0 Å². The van der Waals surface area contributed by atoms with Gasteiger partial charge in [-0.2, -0.15) is 5.10 Å². The van der Waals surface area contributed by atoms with Crippen molar-refractivity contribution in [2.24, 2.45) is 5.73 Å². The molecular formula is C14H15N5. The summed E-state index contributed by atoms with van der Waals surface area (Å²) in [7, 11) is 0. The van der Waals surface area contributed by atoms with Crippen molar-refractivity contribution in [3.05, 3.63) is 54.1 Å². The van der Waals surface area contributed by atoms with Crippen LogP contribution in [0, 0.1) is 0 Å². The van der Waals surface area contributed by atoms with E-state index < -0.39 is 0 Å². The summed E-state index contributed by atoms with van der Waals surface area (Å²) in [5.41, 5.74) is 9.67. The van der Waals surface area contributed by atoms with E-state index in [1.54, 1.807) is 12.4 Å². The van der Waals surface area contributed by atoms with E-state index in [1.807, 2.05) is 42.1 Å². The van der Waals surface area contributed by atoms with Crippen molar-refractivity contribution < 1.29 is 0 Å². The average Bonchev–Trinajstić information content (AvgIpc) is 2.95. The third kappa shape index (κ3) is 2.20. The number of hydrogen-bond donors (Lipinski definition) is 1. The monoisotopic (exact) mass is 253 g/mol. The maximum atomic E-state index is 6.22. The first-order chi connectivity index (χ1) is 9.28. The van der Waals surface area contributed by atoms with Crippen molar-refractivity contribution in [1.29, 1.82) is 0 Å². The molecule has 0 radical (unpaired) electrons. The quantitative estimate of drug-likeness (QED) is 0.774. The normalized spacial score (nSPS) is 12.7. The Morgan fingerprint density at radius 3 is 2.74 bits per heavy atom. The predicted octanol–water partition coefficient (Wildman–Crippen LogP) is 1.89. The lowest BCUT2D eigenvalue weighted by Gasteiger charge is -2.09. The number of aryl methyl sites for hydroxylation is 1. The fourth-order valence-electron chi connectivity index (χ4n) is 2.01. The second kappa shape index (κ2) is 4.78. The molecule has 0 aliphatic carbocycles. The van der Waals surface area contributed by atoms with Crippen LogP contribution in [0.4, 0.5) is 0 Å². The van der Waals surface area contributed by atoms with Crippen LogP contribution in [0.2, 0.25) is 0 Å². The summed E-state index contributed by atoms with van der Waals surface area (Å²) in [6.45, 7) is 2.87. The molecule has 0 amide bonds. The van der Waals surface area contributed by atoms with E-state index in [0.29, 0.717) is 0 Å². The number of fused-ring (bicyclic) bond motifs is 1. The Labute approximate surface area is 111 Å². The molecule has 0 saturated carbocycles. The summed E-state index contributed by atoms with van der Waals surface area (Å²) in [5.74, 6) is 0. The molecule has 96 valence electrons. The van der Waals surface area contributed by atoms with Gasteiger partial charge in [-0.15, -0.1) is 0 Å². The second-order valence-electron chi connectivity index (χ2n) is 4.39. The van der Waals surface area contributed by atoms with Crippen molar-refractivity contribution in [2.75, 3.05) is 0 Å². The van der Waals surface area contributed by atoms with Crippen molar-refractivity contribution in [2.45, 2.75) is 19.5 Å². The van der Waals surface area contributed by atoms with Gasteiger partial charge in [0.1, 0.15) is 0 Å². The molecule has 1 unspecified atom stereocenters. The minimum atomic E-state index is -0.294. The number of nitrogens with two attached hydrogens (primary N) is 1. The summed E-state index contributed by atoms with van der Waals surface area (Å²) in [5, 5.41) is 4.23. The van der Waals surface area contributed by atoms with Gasteiger partial charge >= 0.3 is 0 Å². The Bertz CT molecular complexity index is 704. The van der Waals surface area contributed by atoms with Crippen LogP contribution in [0.5, 0.6) is 0 Å². The van der Waals surface area contributed by atoms with Crippen molar-refractivity contribution in [3.63, 3.8) is 0 Å². The van der Waals surface area contributed by atoms with Crippen LogP contribution < -0.4 is 5.73 Å². The molecule has 0 saturated heterocycles. The van der Waals surface area contributed by atoms with E-state index >= 15 is 0 Å². The molecule has 19 heavy (non-hydrogen) atoms. The molecule has 0 aliphatic rings. The van der Waals surface area contributed by atoms with Gasteiger partial charge in [-0.05, 0) is 19.1 Å². The molecule has 2 aromatic heterocycles. The zero-order valence-electron chi connectivity index (χ0n) is 10.7. The summed E-state index contributed by atoms with van der Waals surface area (Å²) < 4.78 is 1.85. The van der Waals surface area contributed by atoms with Gasteiger partial charge in [0.15, 0.2) is 0 Å². The second-order valence-corrected chi connectivity index (χ2v) is 4.39. The lowest BCUT2D eigenvalue weighted by molar-refractivity contribution is 0.658. The standard InChI is InChI=1S/C14H15N5/c1-2-19-9-10(7-17-19)14(15)13-8-16-11-5-3-4-6-12(11)18-13/h3-9,14H,2,15H2,1H3. The Balaban J connectivity index is 1.98. The van der Waals surface area contributed by atoms with E-state index in [9.17, 15) is 0 Å². The van der Waals surface area contributed by atoms with Crippen LogP contribution in [-0.4, -0.2) is 19.7 Å². The largest absolute Gasteiger partial charge is 0.319 e. The van der Waals surface area contributed by atoms with Gasteiger partial charge in [0.05, 0.1) is 35.2 Å². The van der Waals surface area contributed by atoms with E-state index in [2.05, 4.69) is 15.1 Å². The summed E-state index contributed by atoms with van der Waals surface area (Å²) in [6, 6.07) is 7.47. The average molecular weight is 253 g/mol. The molecule has 1 aromatic carbocycles. The highest BCUT2D eigenvalue weighted by Crippen LogP contribution is 2.18. The molecule has 5 nitrogen and oxygen atoms in total. The molecule has 5 heteroatoms. The number of para-hydroxylation sites is 2. The third-order valence-electron chi connectivity index (χ3n) is 3.12. The Morgan fingerprint density at radius 1 is 1.21 bits per heavy atom. The number of benzene rings is 1. The van der Waals surface area contributed by atoms with E-state index in [4.69, 9.17) is 5.73 Å². The predicted molar refractivity (Wildman–Crippen MR) is 73.5 cm³/mol. The molecule has 1 atom stereocenters. The first kappa shape index (κ1) is 11.8. The first-order valence-corrected chi connectivity index (χ1v) is 6.27. The number of aromatic nitrogens is 4. The molecule has 2 heterocycles. The van der Waals surface area contributed by atoms with Gasteiger partial charge < -0.3 is 5.73 Å². The smallest absolute Gasteiger partial charge is 0.0890 e. The lowest BCUT2D eigenvalue weighted by atomic mass is 10.1. The zero-order chi connectivity index (χ0) is 13.2. The van der Waals surface area contributed by atoms with Gasteiger partial charge in [-0.3, -0.25) is 9.67 Å². The Kier molecular flexibility index (Phi) is 2.97.